The lowest BCUT2D eigenvalue weighted by Gasteiger charge is -2.35. The molecule has 0 bridgehead atoms. The Morgan fingerprint density at radius 1 is 1.06 bits per heavy atom. The molecule has 168 valence electrons. The number of ether oxygens (including phenoxy) is 1. The number of amides is 2. The number of carbonyl (C=O) groups excluding carboxylic acids is 2. The van der Waals surface area contributed by atoms with E-state index in [9.17, 15) is 19.5 Å². The SMILES string of the molecule is CC[C@@H](NC(=O)OCC1c2ccccc2-c2ccccc21)C(=O)N1CCCCC1C(=O)O. The van der Waals surface area contributed by atoms with Crippen molar-refractivity contribution in [1.29, 1.82) is 0 Å². The fourth-order valence-corrected chi connectivity index (χ4v) is 4.77. The minimum absolute atomic E-state index is 0.0672. The first-order chi connectivity index (χ1) is 15.5. The van der Waals surface area contributed by atoms with Crippen LogP contribution in [0.4, 0.5) is 4.79 Å². The number of hydrogen-bond donors (Lipinski definition) is 2. The highest BCUT2D eigenvalue weighted by Crippen LogP contribution is 2.44. The average molecular weight is 437 g/mol. The van der Waals surface area contributed by atoms with Crippen LogP contribution in [0.25, 0.3) is 11.1 Å². The van der Waals surface area contributed by atoms with Crippen LogP contribution in [-0.2, 0) is 14.3 Å². The number of hydrogen-bond acceptors (Lipinski definition) is 4. The number of benzene rings is 2. The predicted molar refractivity (Wildman–Crippen MR) is 119 cm³/mol. The summed E-state index contributed by atoms with van der Waals surface area (Å²) < 4.78 is 5.55. The Bertz CT molecular complexity index is 975. The summed E-state index contributed by atoms with van der Waals surface area (Å²) in [5.74, 6) is -1.44. The van der Waals surface area contributed by atoms with E-state index in [1.54, 1.807) is 6.92 Å². The van der Waals surface area contributed by atoms with Crippen LogP contribution in [0, 0.1) is 0 Å². The first-order valence-corrected chi connectivity index (χ1v) is 11.2. The molecule has 2 aliphatic rings. The zero-order valence-electron chi connectivity index (χ0n) is 18.1. The molecule has 7 nitrogen and oxygen atoms in total. The molecule has 0 spiro atoms. The molecular formula is C25H28N2O5. The molecule has 2 aromatic rings. The Morgan fingerprint density at radius 2 is 1.69 bits per heavy atom. The summed E-state index contributed by atoms with van der Waals surface area (Å²) in [6.45, 7) is 2.33. The summed E-state index contributed by atoms with van der Waals surface area (Å²) in [5, 5.41) is 12.1. The van der Waals surface area contributed by atoms with E-state index in [1.807, 2.05) is 36.4 Å². The third-order valence-corrected chi connectivity index (χ3v) is 6.41. The number of carbonyl (C=O) groups is 3. The van der Waals surface area contributed by atoms with E-state index in [4.69, 9.17) is 4.74 Å². The third kappa shape index (κ3) is 4.20. The summed E-state index contributed by atoms with van der Waals surface area (Å²) in [7, 11) is 0. The van der Waals surface area contributed by atoms with Crippen molar-refractivity contribution in [1.82, 2.24) is 10.2 Å². The van der Waals surface area contributed by atoms with Gasteiger partial charge in [-0.25, -0.2) is 9.59 Å². The normalized spacial score (nSPS) is 18.4. The van der Waals surface area contributed by atoms with E-state index < -0.39 is 24.1 Å². The van der Waals surface area contributed by atoms with Crippen LogP contribution in [0.5, 0.6) is 0 Å². The highest BCUT2D eigenvalue weighted by Gasteiger charge is 2.36. The topological polar surface area (TPSA) is 95.9 Å². The quantitative estimate of drug-likeness (QED) is 0.719. The first kappa shape index (κ1) is 21.9. The molecule has 4 rings (SSSR count). The van der Waals surface area contributed by atoms with Gasteiger partial charge in [0.25, 0.3) is 0 Å². The van der Waals surface area contributed by atoms with Gasteiger partial charge in [-0.3, -0.25) is 4.79 Å². The molecule has 2 amide bonds. The number of carboxylic acid groups (broad SMARTS) is 1. The maximum Gasteiger partial charge on any atom is 0.407 e. The summed E-state index contributed by atoms with van der Waals surface area (Å²) >= 11 is 0. The number of alkyl carbamates (subject to hydrolysis) is 1. The molecule has 1 aliphatic carbocycles. The highest BCUT2D eigenvalue weighted by atomic mass is 16.5. The number of likely N-dealkylation sites (tertiary alicyclic amines) is 1. The molecule has 0 saturated carbocycles. The number of fused-ring (bicyclic) bond motifs is 3. The molecular weight excluding hydrogens is 408 g/mol. The maximum absolute atomic E-state index is 13.0. The van der Waals surface area contributed by atoms with Gasteiger partial charge >= 0.3 is 12.1 Å². The zero-order chi connectivity index (χ0) is 22.7. The first-order valence-electron chi connectivity index (χ1n) is 11.2. The second kappa shape index (κ2) is 9.42. The molecule has 1 fully saturated rings. The van der Waals surface area contributed by atoms with Crippen LogP contribution in [0.15, 0.2) is 48.5 Å². The number of aliphatic carboxylic acids is 1. The van der Waals surface area contributed by atoms with Crippen molar-refractivity contribution in [3.8, 4) is 11.1 Å². The van der Waals surface area contributed by atoms with Gasteiger partial charge in [-0.1, -0.05) is 55.5 Å². The van der Waals surface area contributed by atoms with E-state index in [0.717, 1.165) is 35.1 Å². The van der Waals surface area contributed by atoms with Gasteiger partial charge in [0.2, 0.25) is 5.91 Å². The summed E-state index contributed by atoms with van der Waals surface area (Å²) in [6.07, 6.45) is 1.65. The van der Waals surface area contributed by atoms with Crippen molar-refractivity contribution in [2.24, 2.45) is 0 Å². The van der Waals surface area contributed by atoms with Crippen LogP contribution in [0.2, 0.25) is 0 Å². The molecule has 2 N–H and O–H groups in total. The van der Waals surface area contributed by atoms with Crippen molar-refractivity contribution in [3.05, 3.63) is 59.7 Å². The van der Waals surface area contributed by atoms with E-state index in [1.165, 1.54) is 4.90 Å². The molecule has 1 heterocycles. The highest BCUT2D eigenvalue weighted by molar-refractivity contribution is 5.89. The van der Waals surface area contributed by atoms with E-state index in [2.05, 4.69) is 17.4 Å². The standard InChI is InChI=1S/C25H28N2O5/c1-2-21(23(28)27-14-8-7-13-22(27)24(29)30)26-25(31)32-15-20-18-11-5-3-9-16(18)17-10-4-6-12-19(17)20/h3-6,9-12,20-22H,2,7-8,13-15H2,1H3,(H,26,31)(H,29,30)/t21-,22?/m1/s1. The van der Waals surface area contributed by atoms with Crippen LogP contribution >= 0.6 is 0 Å². The van der Waals surface area contributed by atoms with Crippen LogP contribution in [0.1, 0.15) is 49.7 Å². The minimum Gasteiger partial charge on any atom is -0.480 e. The Balaban J connectivity index is 1.41. The number of rotatable bonds is 6. The third-order valence-electron chi connectivity index (χ3n) is 6.41. The van der Waals surface area contributed by atoms with Gasteiger partial charge in [0, 0.05) is 12.5 Å². The average Bonchev–Trinajstić information content (AvgIpc) is 3.14. The second-order valence-corrected chi connectivity index (χ2v) is 8.31. The second-order valence-electron chi connectivity index (χ2n) is 8.31. The van der Waals surface area contributed by atoms with Crippen molar-refractivity contribution in [2.75, 3.05) is 13.2 Å². The Morgan fingerprint density at radius 3 is 2.28 bits per heavy atom. The molecule has 1 unspecified atom stereocenters. The zero-order valence-corrected chi connectivity index (χ0v) is 18.1. The van der Waals surface area contributed by atoms with Gasteiger partial charge in [0.1, 0.15) is 18.7 Å². The summed E-state index contributed by atoms with van der Waals surface area (Å²) in [4.78, 5) is 38.5. The lowest BCUT2D eigenvalue weighted by atomic mass is 9.98. The Hall–Kier alpha value is -3.35. The fourth-order valence-electron chi connectivity index (χ4n) is 4.77. The Labute approximate surface area is 187 Å². The molecule has 1 aliphatic heterocycles. The van der Waals surface area contributed by atoms with Gasteiger partial charge in [-0.2, -0.15) is 0 Å². The maximum atomic E-state index is 13.0. The smallest absolute Gasteiger partial charge is 0.407 e. The van der Waals surface area contributed by atoms with Gasteiger partial charge in [0.05, 0.1) is 0 Å². The van der Waals surface area contributed by atoms with Crippen LogP contribution < -0.4 is 5.32 Å². The molecule has 0 aromatic heterocycles. The van der Waals surface area contributed by atoms with Crippen molar-refractivity contribution < 1.29 is 24.2 Å². The predicted octanol–water partition coefficient (Wildman–Crippen LogP) is 3.77. The molecule has 2 aromatic carbocycles. The van der Waals surface area contributed by atoms with E-state index >= 15 is 0 Å². The lowest BCUT2D eigenvalue weighted by molar-refractivity contribution is -0.152. The largest absolute Gasteiger partial charge is 0.480 e. The molecule has 2 atom stereocenters. The van der Waals surface area contributed by atoms with E-state index in [-0.39, 0.29) is 18.4 Å². The van der Waals surface area contributed by atoms with E-state index in [0.29, 0.717) is 19.4 Å². The molecule has 32 heavy (non-hydrogen) atoms. The number of nitrogens with one attached hydrogen (secondary N) is 1. The monoisotopic (exact) mass is 436 g/mol. The number of piperidine rings is 1. The molecule has 1 saturated heterocycles. The Kier molecular flexibility index (Phi) is 6.44. The number of nitrogens with zero attached hydrogens (tertiary/aromatic N) is 1. The fraction of sp³-hybridized carbons (Fsp3) is 0.400. The molecule has 7 heteroatoms. The van der Waals surface area contributed by atoms with Gasteiger partial charge in [-0.15, -0.1) is 0 Å². The summed E-state index contributed by atoms with van der Waals surface area (Å²) in [5.41, 5.74) is 4.51. The minimum atomic E-state index is -1.01. The summed E-state index contributed by atoms with van der Waals surface area (Å²) in [6, 6.07) is 14.5. The van der Waals surface area contributed by atoms with Crippen molar-refractivity contribution in [2.45, 2.75) is 50.6 Å². The number of carboxylic acids is 1. The van der Waals surface area contributed by atoms with Crippen molar-refractivity contribution >= 4 is 18.0 Å². The van der Waals surface area contributed by atoms with Gasteiger partial charge in [-0.05, 0) is 47.9 Å². The van der Waals surface area contributed by atoms with Crippen LogP contribution in [-0.4, -0.2) is 53.2 Å². The van der Waals surface area contributed by atoms with Crippen LogP contribution in [0.3, 0.4) is 0 Å². The molecule has 0 radical (unpaired) electrons. The lowest BCUT2D eigenvalue weighted by Crippen LogP contribution is -2.55. The van der Waals surface area contributed by atoms with Gasteiger partial charge < -0.3 is 20.1 Å². The van der Waals surface area contributed by atoms with Crippen molar-refractivity contribution in [3.63, 3.8) is 0 Å². The van der Waals surface area contributed by atoms with Gasteiger partial charge in [0.15, 0.2) is 0 Å².